The molecule has 2 rings (SSSR count). The Bertz CT molecular complexity index is 404. The van der Waals surface area contributed by atoms with Crippen molar-refractivity contribution < 1.29 is 13.5 Å². The summed E-state index contributed by atoms with van der Waals surface area (Å²) >= 11 is 0. The largest absolute Gasteiger partial charge is 0.378 e. The molecule has 1 saturated heterocycles. The van der Waals surface area contributed by atoms with E-state index in [0.29, 0.717) is 6.61 Å². The molecule has 0 bridgehead atoms. The van der Waals surface area contributed by atoms with Crippen LogP contribution in [0.3, 0.4) is 0 Å². The van der Waals surface area contributed by atoms with Crippen molar-refractivity contribution >= 4 is 0 Å². The lowest BCUT2D eigenvalue weighted by molar-refractivity contribution is -0.00176. The summed E-state index contributed by atoms with van der Waals surface area (Å²) in [6.07, 6.45) is 3.01. The Morgan fingerprint density at radius 3 is 2.68 bits per heavy atom. The standard InChI is InChI=1S/C15H21F2NO/c1-3-12-9-11(7-8-19-12)18-10(2)15-13(16)5-4-6-14(15)17/h4-6,10-12,18H,3,7-9H2,1-2H3. The predicted molar refractivity (Wildman–Crippen MR) is 71.0 cm³/mol. The molecule has 2 nitrogen and oxygen atoms in total. The zero-order chi connectivity index (χ0) is 13.8. The van der Waals surface area contributed by atoms with Gasteiger partial charge < -0.3 is 10.1 Å². The fraction of sp³-hybridized carbons (Fsp3) is 0.600. The van der Waals surface area contributed by atoms with Gasteiger partial charge in [0.25, 0.3) is 0 Å². The highest BCUT2D eigenvalue weighted by Gasteiger charge is 2.24. The van der Waals surface area contributed by atoms with Crippen molar-refractivity contribution in [2.24, 2.45) is 0 Å². The van der Waals surface area contributed by atoms with Crippen molar-refractivity contribution in [1.82, 2.24) is 5.32 Å². The van der Waals surface area contributed by atoms with E-state index in [0.717, 1.165) is 19.3 Å². The first-order chi connectivity index (χ1) is 9.11. The lowest BCUT2D eigenvalue weighted by atomic mass is 9.99. The molecule has 0 amide bonds. The van der Waals surface area contributed by atoms with Crippen LogP contribution in [0.2, 0.25) is 0 Å². The lowest BCUT2D eigenvalue weighted by Gasteiger charge is -2.32. The van der Waals surface area contributed by atoms with Crippen LogP contribution in [-0.4, -0.2) is 18.8 Å². The van der Waals surface area contributed by atoms with Gasteiger partial charge in [0.05, 0.1) is 6.10 Å². The minimum absolute atomic E-state index is 0.127. The molecule has 1 heterocycles. The Hall–Kier alpha value is -1.00. The molecule has 19 heavy (non-hydrogen) atoms. The van der Waals surface area contributed by atoms with Crippen LogP contribution in [0, 0.1) is 11.6 Å². The molecule has 0 spiro atoms. The van der Waals surface area contributed by atoms with Gasteiger partial charge in [-0.05, 0) is 38.3 Å². The number of ether oxygens (including phenoxy) is 1. The molecule has 4 heteroatoms. The highest BCUT2D eigenvalue weighted by Crippen LogP contribution is 2.24. The van der Waals surface area contributed by atoms with Crippen LogP contribution in [0.25, 0.3) is 0 Å². The lowest BCUT2D eigenvalue weighted by Crippen LogP contribution is -2.40. The predicted octanol–water partition coefficient (Wildman–Crippen LogP) is 3.57. The summed E-state index contributed by atoms with van der Waals surface area (Å²) in [6, 6.07) is 3.92. The van der Waals surface area contributed by atoms with E-state index in [2.05, 4.69) is 12.2 Å². The number of rotatable bonds is 4. The SMILES string of the molecule is CCC1CC(NC(C)c2c(F)cccc2F)CCO1. The van der Waals surface area contributed by atoms with Crippen molar-refractivity contribution in [3.05, 3.63) is 35.4 Å². The fourth-order valence-corrected chi connectivity index (χ4v) is 2.68. The maximum atomic E-state index is 13.7. The Labute approximate surface area is 113 Å². The van der Waals surface area contributed by atoms with Crippen LogP contribution >= 0.6 is 0 Å². The molecular formula is C15H21F2NO. The second-order valence-electron chi connectivity index (χ2n) is 5.15. The molecule has 3 unspecified atom stereocenters. The zero-order valence-corrected chi connectivity index (χ0v) is 11.5. The molecule has 0 aromatic heterocycles. The first-order valence-corrected chi connectivity index (χ1v) is 6.93. The van der Waals surface area contributed by atoms with Crippen LogP contribution in [0.4, 0.5) is 8.78 Å². The Morgan fingerprint density at radius 2 is 2.05 bits per heavy atom. The number of hydrogen-bond donors (Lipinski definition) is 1. The first kappa shape index (κ1) is 14.4. The Kier molecular flexibility index (Phi) is 4.88. The highest BCUT2D eigenvalue weighted by molar-refractivity contribution is 5.22. The monoisotopic (exact) mass is 269 g/mol. The third-order valence-corrected chi connectivity index (χ3v) is 3.74. The average Bonchev–Trinajstić information content (AvgIpc) is 2.38. The smallest absolute Gasteiger partial charge is 0.130 e. The van der Waals surface area contributed by atoms with E-state index in [1.807, 2.05) is 0 Å². The molecular weight excluding hydrogens is 248 g/mol. The molecule has 0 saturated carbocycles. The summed E-state index contributed by atoms with van der Waals surface area (Å²) in [7, 11) is 0. The highest BCUT2D eigenvalue weighted by atomic mass is 19.1. The van der Waals surface area contributed by atoms with E-state index >= 15 is 0 Å². The van der Waals surface area contributed by atoms with Crippen LogP contribution < -0.4 is 5.32 Å². The van der Waals surface area contributed by atoms with Crippen molar-refractivity contribution in [3.63, 3.8) is 0 Å². The maximum absolute atomic E-state index is 13.7. The van der Waals surface area contributed by atoms with Crippen LogP contribution in [-0.2, 0) is 4.74 Å². The topological polar surface area (TPSA) is 21.3 Å². The number of halogens is 2. The van der Waals surface area contributed by atoms with E-state index in [-0.39, 0.29) is 23.8 Å². The second-order valence-corrected chi connectivity index (χ2v) is 5.15. The second kappa shape index (κ2) is 6.44. The zero-order valence-electron chi connectivity index (χ0n) is 11.5. The van der Waals surface area contributed by atoms with Gasteiger partial charge in [-0.15, -0.1) is 0 Å². The first-order valence-electron chi connectivity index (χ1n) is 6.93. The molecule has 1 aliphatic rings. The van der Waals surface area contributed by atoms with E-state index in [9.17, 15) is 8.78 Å². The molecule has 1 N–H and O–H groups in total. The van der Waals surface area contributed by atoms with Crippen molar-refractivity contribution in [2.45, 2.75) is 51.3 Å². The number of hydrogen-bond acceptors (Lipinski definition) is 2. The molecule has 1 aliphatic heterocycles. The molecule has 1 aromatic rings. The minimum atomic E-state index is -0.487. The van der Waals surface area contributed by atoms with Gasteiger partial charge in [0.15, 0.2) is 0 Å². The Morgan fingerprint density at radius 1 is 1.37 bits per heavy atom. The molecule has 106 valence electrons. The van der Waals surface area contributed by atoms with Crippen LogP contribution in [0.1, 0.15) is 44.7 Å². The van der Waals surface area contributed by atoms with Gasteiger partial charge in [-0.2, -0.15) is 0 Å². The van der Waals surface area contributed by atoms with Gasteiger partial charge in [0.1, 0.15) is 11.6 Å². The van der Waals surface area contributed by atoms with Crippen molar-refractivity contribution in [1.29, 1.82) is 0 Å². The minimum Gasteiger partial charge on any atom is -0.378 e. The van der Waals surface area contributed by atoms with E-state index < -0.39 is 11.6 Å². The summed E-state index contributed by atoms with van der Waals surface area (Å²) in [5.41, 5.74) is 0.127. The number of benzene rings is 1. The summed E-state index contributed by atoms with van der Waals surface area (Å²) < 4.78 is 33.0. The average molecular weight is 269 g/mol. The molecule has 1 aromatic carbocycles. The normalized spacial score (nSPS) is 25.3. The van der Waals surface area contributed by atoms with Gasteiger partial charge in [0, 0.05) is 24.3 Å². The summed E-state index contributed by atoms with van der Waals surface area (Å²) in [5, 5.41) is 3.32. The van der Waals surface area contributed by atoms with E-state index in [1.165, 1.54) is 18.2 Å². The summed E-state index contributed by atoms with van der Waals surface area (Å²) in [6.45, 7) is 4.60. The third kappa shape index (κ3) is 3.51. The van der Waals surface area contributed by atoms with Gasteiger partial charge >= 0.3 is 0 Å². The van der Waals surface area contributed by atoms with Gasteiger partial charge in [-0.25, -0.2) is 8.78 Å². The quantitative estimate of drug-likeness (QED) is 0.902. The van der Waals surface area contributed by atoms with Crippen molar-refractivity contribution in [3.8, 4) is 0 Å². The number of nitrogens with one attached hydrogen (secondary N) is 1. The van der Waals surface area contributed by atoms with Crippen LogP contribution in [0.15, 0.2) is 18.2 Å². The fourth-order valence-electron chi connectivity index (χ4n) is 2.68. The summed E-state index contributed by atoms with van der Waals surface area (Å²) in [4.78, 5) is 0. The Balaban J connectivity index is 2.02. The molecule has 0 radical (unpaired) electrons. The van der Waals surface area contributed by atoms with Gasteiger partial charge in [-0.3, -0.25) is 0 Å². The van der Waals surface area contributed by atoms with E-state index in [4.69, 9.17) is 4.74 Å². The molecule has 1 fully saturated rings. The maximum Gasteiger partial charge on any atom is 0.130 e. The summed E-state index contributed by atoms with van der Waals surface area (Å²) in [5.74, 6) is -0.974. The molecule has 0 aliphatic carbocycles. The van der Waals surface area contributed by atoms with Gasteiger partial charge in [0.2, 0.25) is 0 Å². The van der Waals surface area contributed by atoms with Gasteiger partial charge in [-0.1, -0.05) is 13.0 Å². The van der Waals surface area contributed by atoms with E-state index in [1.54, 1.807) is 6.92 Å². The van der Waals surface area contributed by atoms with Crippen molar-refractivity contribution in [2.75, 3.05) is 6.61 Å². The van der Waals surface area contributed by atoms with Crippen LogP contribution in [0.5, 0.6) is 0 Å². The molecule has 3 atom stereocenters. The third-order valence-electron chi connectivity index (χ3n) is 3.74.